The van der Waals surface area contributed by atoms with Crippen LogP contribution < -0.4 is 24.6 Å². The van der Waals surface area contributed by atoms with Crippen molar-refractivity contribution < 1.29 is 19.1 Å². The normalized spacial score (nSPS) is 14.2. The second-order valence-corrected chi connectivity index (χ2v) is 10.1. The van der Waals surface area contributed by atoms with Crippen molar-refractivity contribution in [2.75, 3.05) is 28.8 Å². The molecule has 0 saturated carbocycles. The lowest BCUT2D eigenvalue weighted by atomic mass is 9.99. The van der Waals surface area contributed by atoms with Crippen molar-refractivity contribution in [3.05, 3.63) is 150 Å². The Morgan fingerprint density at radius 2 is 1.42 bits per heavy atom. The Labute approximate surface area is 250 Å². The standard InChI is InChI=1S/C36H31N3O4/c1-42-33-19-11-9-17-31(33)37-34(40)25-43-29-22-20-27(21-23-29)35-38(24-26-12-4-2-5-13-26)32-18-10-8-16-30(32)36(41)39(35)28-14-6-3-7-15-28/h2-23,35H,24-25H2,1H3,(H,37,40)/t35-/m0/s1. The number of carbonyl (C=O) groups excluding carboxylic acids is 2. The minimum absolute atomic E-state index is 0.0653. The fourth-order valence-corrected chi connectivity index (χ4v) is 5.36. The summed E-state index contributed by atoms with van der Waals surface area (Å²) in [5.74, 6) is 0.756. The van der Waals surface area contributed by atoms with Crippen molar-refractivity contribution in [2.24, 2.45) is 0 Å². The number of para-hydroxylation sites is 4. The van der Waals surface area contributed by atoms with Crippen LogP contribution >= 0.6 is 0 Å². The number of hydrogen-bond donors (Lipinski definition) is 1. The summed E-state index contributed by atoms with van der Waals surface area (Å²) < 4.78 is 11.1. The van der Waals surface area contributed by atoms with Gasteiger partial charge < -0.3 is 19.7 Å². The molecule has 43 heavy (non-hydrogen) atoms. The number of nitrogens with zero attached hydrogens (tertiary/aromatic N) is 2. The Morgan fingerprint density at radius 1 is 0.767 bits per heavy atom. The monoisotopic (exact) mass is 569 g/mol. The molecule has 0 bridgehead atoms. The van der Waals surface area contributed by atoms with Gasteiger partial charge in [-0.1, -0.05) is 84.9 Å². The number of benzene rings is 5. The molecule has 5 aromatic carbocycles. The smallest absolute Gasteiger partial charge is 0.262 e. The van der Waals surface area contributed by atoms with Gasteiger partial charge >= 0.3 is 0 Å². The highest BCUT2D eigenvalue weighted by Gasteiger charge is 2.39. The molecular weight excluding hydrogens is 538 g/mol. The Morgan fingerprint density at radius 3 is 2.16 bits per heavy atom. The van der Waals surface area contributed by atoms with E-state index in [1.807, 2.05) is 114 Å². The highest BCUT2D eigenvalue weighted by atomic mass is 16.5. The van der Waals surface area contributed by atoms with E-state index in [4.69, 9.17) is 9.47 Å². The molecule has 7 heteroatoms. The maximum absolute atomic E-state index is 14.1. The predicted octanol–water partition coefficient (Wildman–Crippen LogP) is 7.08. The second kappa shape index (κ2) is 12.5. The first-order valence-electron chi connectivity index (χ1n) is 14.1. The molecule has 1 aliphatic rings. The summed E-state index contributed by atoms with van der Waals surface area (Å²) in [5.41, 5.74) is 4.95. The molecule has 5 aromatic rings. The summed E-state index contributed by atoms with van der Waals surface area (Å²) in [6.07, 6.45) is -0.423. The van der Waals surface area contributed by atoms with E-state index >= 15 is 0 Å². The van der Waals surface area contributed by atoms with Crippen molar-refractivity contribution in [2.45, 2.75) is 12.7 Å². The largest absolute Gasteiger partial charge is 0.495 e. The van der Waals surface area contributed by atoms with Gasteiger partial charge in [0, 0.05) is 12.2 Å². The molecule has 7 nitrogen and oxygen atoms in total. The molecule has 0 fully saturated rings. The van der Waals surface area contributed by atoms with E-state index in [9.17, 15) is 9.59 Å². The molecule has 0 saturated heterocycles. The SMILES string of the molecule is COc1ccccc1NC(=O)COc1ccc([C@H]2N(Cc3ccccc3)c3ccccc3C(=O)N2c2ccccc2)cc1. The van der Waals surface area contributed by atoms with Crippen LogP contribution in [0.1, 0.15) is 27.7 Å². The average molecular weight is 570 g/mol. The minimum atomic E-state index is -0.423. The molecule has 1 heterocycles. The topological polar surface area (TPSA) is 71.1 Å². The van der Waals surface area contributed by atoms with Crippen molar-refractivity contribution in [3.63, 3.8) is 0 Å². The van der Waals surface area contributed by atoms with Crippen LogP contribution in [0.2, 0.25) is 0 Å². The Bertz CT molecular complexity index is 1710. The number of amides is 2. The summed E-state index contributed by atoms with van der Waals surface area (Å²) in [6.45, 7) is 0.434. The first kappa shape index (κ1) is 27.6. The molecule has 2 amide bonds. The van der Waals surface area contributed by atoms with E-state index in [1.54, 1.807) is 19.2 Å². The quantitative estimate of drug-likeness (QED) is 0.205. The molecule has 1 aliphatic heterocycles. The molecule has 6 rings (SSSR count). The third-order valence-corrected chi connectivity index (χ3v) is 7.36. The summed E-state index contributed by atoms with van der Waals surface area (Å²) >= 11 is 0. The maximum Gasteiger partial charge on any atom is 0.262 e. The zero-order valence-electron chi connectivity index (χ0n) is 23.7. The van der Waals surface area contributed by atoms with Gasteiger partial charge in [0.2, 0.25) is 0 Å². The molecule has 1 N–H and O–H groups in total. The summed E-state index contributed by atoms with van der Waals surface area (Å²) in [5, 5.41) is 2.82. The minimum Gasteiger partial charge on any atom is -0.495 e. The van der Waals surface area contributed by atoms with Gasteiger partial charge in [-0.05, 0) is 59.7 Å². The van der Waals surface area contributed by atoms with Gasteiger partial charge in [-0.25, -0.2) is 0 Å². The zero-order valence-corrected chi connectivity index (χ0v) is 23.7. The lowest BCUT2D eigenvalue weighted by Gasteiger charge is -2.46. The fraction of sp³-hybridized carbons (Fsp3) is 0.111. The Kier molecular flexibility index (Phi) is 8.04. The van der Waals surface area contributed by atoms with Crippen LogP contribution in [0, 0.1) is 0 Å². The van der Waals surface area contributed by atoms with E-state index in [0.717, 1.165) is 22.5 Å². The maximum atomic E-state index is 14.1. The van der Waals surface area contributed by atoms with Gasteiger partial charge in [-0.15, -0.1) is 0 Å². The second-order valence-electron chi connectivity index (χ2n) is 10.1. The number of ether oxygens (including phenoxy) is 2. The van der Waals surface area contributed by atoms with E-state index in [2.05, 4.69) is 22.3 Å². The van der Waals surface area contributed by atoms with Gasteiger partial charge in [0.1, 0.15) is 17.7 Å². The third-order valence-electron chi connectivity index (χ3n) is 7.36. The average Bonchev–Trinajstić information content (AvgIpc) is 3.06. The lowest BCUT2D eigenvalue weighted by Crippen LogP contribution is -2.49. The number of anilines is 3. The van der Waals surface area contributed by atoms with Gasteiger partial charge in [0.25, 0.3) is 11.8 Å². The van der Waals surface area contributed by atoms with Crippen LogP contribution in [0.4, 0.5) is 17.1 Å². The first-order chi connectivity index (χ1) is 21.1. The Hall–Kier alpha value is -5.56. The number of nitrogens with one attached hydrogen (secondary N) is 1. The van der Waals surface area contributed by atoms with E-state index in [-0.39, 0.29) is 18.4 Å². The van der Waals surface area contributed by atoms with Crippen LogP contribution in [0.5, 0.6) is 11.5 Å². The number of hydrogen-bond acceptors (Lipinski definition) is 5. The van der Waals surface area contributed by atoms with E-state index in [0.29, 0.717) is 29.3 Å². The Balaban J connectivity index is 1.30. The molecule has 0 aromatic heterocycles. The van der Waals surface area contributed by atoms with Crippen molar-refractivity contribution >= 4 is 28.9 Å². The summed E-state index contributed by atoms with van der Waals surface area (Å²) in [7, 11) is 1.56. The number of methoxy groups -OCH3 is 1. The number of rotatable bonds is 9. The van der Waals surface area contributed by atoms with E-state index < -0.39 is 6.17 Å². The highest BCUT2D eigenvalue weighted by Crippen LogP contribution is 2.42. The molecule has 214 valence electrons. The number of fused-ring (bicyclic) bond motifs is 1. The van der Waals surface area contributed by atoms with Crippen molar-refractivity contribution in [1.29, 1.82) is 0 Å². The molecule has 1 atom stereocenters. The van der Waals surface area contributed by atoms with Crippen LogP contribution in [-0.4, -0.2) is 25.5 Å². The third kappa shape index (κ3) is 5.92. The predicted molar refractivity (Wildman–Crippen MR) is 169 cm³/mol. The van der Waals surface area contributed by atoms with Crippen LogP contribution in [-0.2, 0) is 11.3 Å². The molecule has 0 spiro atoms. The van der Waals surface area contributed by atoms with E-state index in [1.165, 1.54) is 0 Å². The van der Waals surface area contributed by atoms with Crippen LogP contribution in [0.25, 0.3) is 0 Å². The van der Waals surface area contributed by atoms with Crippen molar-refractivity contribution in [3.8, 4) is 11.5 Å². The molecular formula is C36H31N3O4. The first-order valence-corrected chi connectivity index (χ1v) is 14.1. The van der Waals surface area contributed by atoms with Gasteiger partial charge in [0.15, 0.2) is 6.61 Å². The summed E-state index contributed by atoms with van der Waals surface area (Å²) in [4.78, 5) is 30.8. The molecule has 0 radical (unpaired) electrons. The number of carbonyl (C=O) groups is 2. The molecule has 0 aliphatic carbocycles. The lowest BCUT2D eigenvalue weighted by molar-refractivity contribution is -0.118. The van der Waals surface area contributed by atoms with Crippen LogP contribution in [0.15, 0.2) is 133 Å². The fourth-order valence-electron chi connectivity index (χ4n) is 5.36. The van der Waals surface area contributed by atoms with Gasteiger partial charge in [-0.2, -0.15) is 0 Å². The molecule has 0 unspecified atom stereocenters. The van der Waals surface area contributed by atoms with Gasteiger partial charge in [-0.3, -0.25) is 14.5 Å². The zero-order chi connectivity index (χ0) is 29.6. The van der Waals surface area contributed by atoms with Crippen molar-refractivity contribution in [1.82, 2.24) is 0 Å². The van der Waals surface area contributed by atoms with Crippen LogP contribution in [0.3, 0.4) is 0 Å². The highest BCUT2D eigenvalue weighted by molar-refractivity contribution is 6.12. The summed E-state index contributed by atoms with van der Waals surface area (Å²) in [6, 6.07) is 42.5. The van der Waals surface area contributed by atoms with Gasteiger partial charge in [0.05, 0.1) is 24.0 Å².